The Morgan fingerprint density at radius 3 is 2.62 bits per heavy atom. The van der Waals surface area contributed by atoms with Crippen molar-refractivity contribution in [1.29, 1.82) is 0 Å². The number of thioether (sulfide) groups is 1. The fourth-order valence-corrected chi connectivity index (χ4v) is 1.81. The Balaban J connectivity index is 2.35. The molecule has 0 bridgehead atoms. The van der Waals surface area contributed by atoms with Gasteiger partial charge in [-0.3, -0.25) is 0 Å². The molecule has 3 N–H and O–H groups in total. The molecule has 3 heteroatoms. The van der Waals surface area contributed by atoms with Crippen molar-refractivity contribution in [2.45, 2.75) is 6.04 Å². The van der Waals surface area contributed by atoms with Crippen molar-refractivity contribution < 1.29 is 5.11 Å². The average molecular weight is 197 g/mol. The second-order valence-electron chi connectivity index (χ2n) is 2.82. The van der Waals surface area contributed by atoms with Crippen molar-refractivity contribution in [3.63, 3.8) is 0 Å². The van der Waals surface area contributed by atoms with Crippen LogP contribution in [0, 0.1) is 0 Å². The molecular formula is C10H15NOS. The first kappa shape index (κ1) is 10.6. The summed E-state index contributed by atoms with van der Waals surface area (Å²) in [4.78, 5) is 0. The van der Waals surface area contributed by atoms with Crippen LogP contribution < -0.4 is 5.73 Å². The van der Waals surface area contributed by atoms with Gasteiger partial charge in [-0.2, -0.15) is 11.8 Å². The summed E-state index contributed by atoms with van der Waals surface area (Å²) in [7, 11) is 0. The molecule has 0 radical (unpaired) electrons. The van der Waals surface area contributed by atoms with E-state index < -0.39 is 0 Å². The van der Waals surface area contributed by atoms with Gasteiger partial charge in [0.1, 0.15) is 0 Å². The summed E-state index contributed by atoms with van der Waals surface area (Å²) in [6.45, 7) is 0.228. The Labute approximate surface area is 83.1 Å². The molecule has 0 saturated carbocycles. The minimum Gasteiger partial charge on any atom is -0.396 e. The summed E-state index contributed by atoms with van der Waals surface area (Å²) < 4.78 is 0. The number of hydrogen-bond acceptors (Lipinski definition) is 3. The highest BCUT2D eigenvalue weighted by Gasteiger charge is 2.03. The van der Waals surface area contributed by atoms with Gasteiger partial charge in [0.2, 0.25) is 0 Å². The molecule has 0 aliphatic rings. The van der Waals surface area contributed by atoms with Crippen LogP contribution in [-0.4, -0.2) is 23.2 Å². The molecule has 0 fully saturated rings. The zero-order chi connectivity index (χ0) is 9.52. The third kappa shape index (κ3) is 3.81. The van der Waals surface area contributed by atoms with E-state index >= 15 is 0 Å². The van der Waals surface area contributed by atoms with Crippen LogP contribution in [0.15, 0.2) is 30.3 Å². The van der Waals surface area contributed by atoms with Crippen molar-refractivity contribution >= 4 is 11.8 Å². The van der Waals surface area contributed by atoms with Crippen molar-refractivity contribution in [1.82, 2.24) is 0 Å². The summed E-state index contributed by atoms with van der Waals surface area (Å²) in [6, 6.07) is 10.1. The van der Waals surface area contributed by atoms with Crippen LogP contribution in [0.2, 0.25) is 0 Å². The third-order valence-electron chi connectivity index (χ3n) is 1.76. The minimum absolute atomic E-state index is 0.0812. The summed E-state index contributed by atoms with van der Waals surface area (Å²) in [5.74, 6) is 1.63. The van der Waals surface area contributed by atoms with Gasteiger partial charge in [0.15, 0.2) is 0 Å². The third-order valence-corrected chi connectivity index (χ3v) is 2.83. The minimum atomic E-state index is 0.0812. The Morgan fingerprint density at radius 2 is 2.00 bits per heavy atom. The molecule has 1 atom stereocenters. The summed E-state index contributed by atoms with van der Waals surface area (Å²) in [5, 5.41) is 8.59. The van der Waals surface area contributed by atoms with E-state index in [1.807, 2.05) is 30.3 Å². The highest BCUT2D eigenvalue weighted by molar-refractivity contribution is 7.99. The molecule has 1 unspecified atom stereocenters. The monoisotopic (exact) mass is 197 g/mol. The molecule has 0 amide bonds. The number of aliphatic hydroxyl groups is 1. The summed E-state index contributed by atoms with van der Waals surface area (Å²) >= 11 is 1.68. The van der Waals surface area contributed by atoms with E-state index in [9.17, 15) is 0 Å². The maximum Gasteiger partial charge on any atom is 0.0521 e. The molecule has 1 aromatic rings. The lowest BCUT2D eigenvalue weighted by Crippen LogP contribution is -2.13. The van der Waals surface area contributed by atoms with E-state index in [0.717, 1.165) is 17.1 Å². The Hall–Kier alpha value is -0.510. The van der Waals surface area contributed by atoms with Gasteiger partial charge in [0.05, 0.1) is 6.61 Å². The largest absolute Gasteiger partial charge is 0.396 e. The molecule has 0 aliphatic carbocycles. The van der Waals surface area contributed by atoms with E-state index in [1.165, 1.54) is 0 Å². The van der Waals surface area contributed by atoms with Crippen LogP contribution in [0.25, 0.3) is 0 Å². The van der Waals surface area contributed by atoms with Gasteiger partial charge >= 0.3 is 0 Å². The fourth-order valence-electron chi connectivity index (χ4n) is 1.07. The molecule has 1 aromatic carbocycles. The molecule has 0 aromatic heterocycles. The number of rotatable bonds is 5. The molecule has 1 rings (SSSR count). The zero-order valence-electron chi connectivity index (χ0n) is 7.52. The summed E-state index contributed by atoms with van der Waals surface area (Å²) in [5.41, 5.74) is 7.09. The quantitative estimate of drug-likeness (QED) is 0.702. The lowest BCUT2D eigenvalue weighted by atomic mass is 10.1. The van der Waals surface area contributed by atoms with Crippen molar-refractivity contribution in [3.05, 3.63) is 35.9 Å². The normalized spacial score (nSPS) is 12.8. The summed E-state index contributed by atoms with van der Waals surface area (Å²) in [6.07, 6.45) is 0. The predicted molar refractivity (Wildman–Crippen MR) is 57.8 cm³/mol. The highest BCUT2D eigenvalue weighted by Crippen LogP contribution is 2.14. The van der Waals surface area contributed by atoms with Crippen molar-refractivity contribution in [3.8, 4) is 0 Å². The number of aliphatic hydroxyl groups excluding tert-OH is 1. The van der Waals surface area contributed by atoms with Gasteiger partial charge in [-0.1, -0.05) is 30.3 Å². The van der Waals surface area contributed by atoms with Crippen molar-refractivity contribution in [2.24, 2.45) is 5.73 Å². The van der Waals surface area contributed by atoms with Crippen LogP contribution in [0.1, 0.15) is 11.6 Å². The van der Waals surface area contributed by atoms with Gasteiger partial charge in [-0.15, -0.1) is 0 Å². The van der Waals surface area contributed by atoms with Gasteiger partial charge in [0, 0.05) is 17.5 Å². The first-order chi connectivity index (χ1) is 6.34. The SMILES string of the molecule is NC(CSCCO)c1ccccc1. The molecule has 13 heavy (non-hydrogen) atoms. The maximum absolute atomic E-state index is 8.59. The van der Waals surface area contributed by atoms with E-state index in [1.54, 1.807) is 11.8 Å². The first-order valence-electron chi connectivity index (χ1n) is 4.33. The molecular weight excluding hydrogens is 182 g/mol. The smallest absolute Gasteiger partial charge is 0.0521 e. The predicted octanol–water partition coefficient (Wildman–Crippen LogP) is 1.41. The molecule has 0 saturated heterocycles. The van der Waals surface area contributed by atoms with Gasteiger partial charge < -0.3 is 10.8 Å². The van der Waals surface area contributed by atoms with Crippen molar-refractivity contribution in [2.75, 3.05) is 18.1 Å². The highest BCUT2D eigenvalue weighted by atomic mass is 32.2. The fraction of sp³-hybridized carbons (Fsp3) is 0.400. The van der Waals surface area contributed by atoms with Crippen LogP contribution in [0.5, 0.6) is 0 Å². The van der Waals surface area contributed by atoms with E-state index in [2.05, 4.69) is 0 Å². The van der Waals surface area contributed by atoms with Crippen LogP contribution in [-0.2, 0) is 0 Å². The second-order valence-corrected chi connectivity index (χ2v) is 3.97. The Bertz CT molecular complexity index is 228. The van der Waals surface area contributed by atoms with Gasteiger partial charge in [-0.05, 0) is 5.56 Å². The number of benzene rings is 1. The van der Waals surface area contributed by atoms with Crippen LogP contribution in [0.3, 0.4) is 0 Å². The molecule has 0 aliphatic heterocycles. The molecule has 0 spiro atoms. The van der Waals surface area contributed by atoms with Gasteiger partial charge in [0.25, 0.3) is 0 Å². The van der Waals surface area contributed by atoms with E-state index in [4.69, 9.17) is 10.8 Å². The lowest BCUT2D eigenvalue weighted by Gasteiger charge is -2.10. The topological polar surface area (TPSA) is 46.2 Å². The first-order valence-corrected chi connectivity index (χ1v) is 5.49. The lowest BCUT2D eigenvalue weighted by molar-refractivity contribution is 0.322. The average Bonchev–Trinajstić information content (AvgIpc) is 2.19. The van der Waals surface area contributed by atoms with E-state index in [-0.39, 0.29) is 12.6 Å². The van der Waals surface area contributed by atoms with Crippen LogP contribution >= 0.6 is 11.8 Å². The number of nitrogens with two attached hydrogens (primary N) is 1. The number of hydrogen-bond donors (Lipinski definition) is 2. The zero-order valence-corrected chi connectivity index (χ0v) is 8.33. The molecule has 2 nitrogen and oxygen atoms in total. The van der Waals surface area contributed by atoms with E-state index in [0.29, 0.717) is 0 Å². The Kier molecular flexibility index (Phi) is 4.90. The van der Waals surface area contributed by atoms with Crippen LogP contribution in [0.4, 0.5) is 0 Å². The van der Waals surface area contributed by atoms with Gasteiger partial charge in [-0.25, -0.2) is 0 Å². The Morgan fingerprint density at radius 1 is 1.31 bits per heavy atom. The second kappa shape index (κ2) is 6.02. The standard InChI is InChI=1S/C10H15NOS/c11-10(8-13-7-6-12)9-4-2-1-3-5-9/h1-5,10,12H,6-8,11H2. The molecule has 72 valence electrons. The molecule has 0 heterocycles. The maximum atomic E-state index is 8.59.